The molecule has 0 radical (unpaired) electrons. The Bertz CT molecular complexity index is 1010. The summed E-state index contributed by atoms with van der Waals surface area (Å²) in [5, 5.41) is 5.77. The number of carbonyl (C=O) groups is 2. The van der Waals surface area contributed by atoms with E-state index >= 15 is 0 Å². The number of likely N-dealkylation sites (tertiary alicyclic amines) is 1. The first-order chi connectivity index (χ1) is 17.1. The summed E-state index contributed by atoms with van der Waals surface area (Å²) in [6.45, 7) is 7.55. The molecule has 2 aromatic rings. The monoisotopic (exact) mass is 479 g/mol. The van der Waals surface area contributed by atoms with Gasteiger partial charge in [-0.1, -0.05) is 25.5 Å². The number of para-hydroxylation sites is 2. The summed E-state index contributed by atoms with van der Waals surface area (Å²) < 4.78 is 5.55. The van der Waals surface area contributed by atoms with Gasteiger partial charge in [0, 0.05) is 57.2 Å². The van der Waals surface area contributed by atoms with E-state index in [1.165, 1.54) is 0 Å². The van der Waals surface area contributed by atoms with E-state index in [0.717, 1.165) is 82.1 Å². The maximum atomic E-state index is 13.5. The Morgan fingerprint density at radius 3 is 2.29 bits per heavy atom. The second-order valence-corrected chi connectivity index (χ2v) is 9.11. The molecule has 0 atom stereocenters. The molecule has 8 nitrogen and oxygen atoms in total. The number of amides is 3. The highest BCUT2D eigenvalue weighted by Gasteiger charge is 2.27. The third-order valence-electron chi connectivity index (χ3n) is 6.74. The van der Waals surface area contributed by atoms with Gasteiger partial charge in [0.1, 0.15) is 5.75 Å². The molecule has 0 aliphatic carbocycles. The van der Waals surface area contributed by atoms with Gasteiger partial charge in [-0.3, -0.25) is 4.79 Å². The third kappa shape index (κ3) is 5.99. The molecule has 2 saturated heterocycles. The van der Waals surface area contributed by atoms with E-state index in [2.05, 4.69) is 33.4 Å². The number of nitrogens with one attached hydrogen (secondary N) is 2. The van der Waals surface area contributed by atoms with Crippen molar-refractivity contribution in [3.63, 3.8) is 0 Å². The quantitative estimate of drug-likeness (QED) is 0.556. The molecule has 0 spiro atoms. The fourth-order valence-corrected chi connectivity index (χ4v) is 4.78. The molecule has 188 valence electrons. The van der Waals surface area contributed by atoms with Crippen LogP contribution < -0.4 is 25.2 Å². The molecule has 2 aromatic carbocycles. The molecular formula is C27H37N5O3. The van der Waals surface area contributed by atoms with Gasteiger partial charge < -0.3 is 30.1 Å². The van der Waals surface area contributed by atoms with Gasteiger partial charge in [0.15, 0.2) is 0 Å². The Morgan fingerprint density at radius 2 is 1.60 bits per heavy atom. The smallest absolute Gasteiger partial charge is 0.319 e. The number of urea groups is 1. The van der Waals surface area contributed by atoms with Crippen LogP contribution in [0.3, 0.4) is 0 Å². The molecule has 4 rings (SSSR count). The molecule has 0 aromatic heterocycles. The number of nitrogens with zero attached hydrogens (tertiary/aromatic N) is 3. The van der Waals surface area contributed by atoms with Gasteiger partial charge in [-0.05, 0) is 49.6 Å². The molecule has 0 saturated carbocycles. The van der Waals surface area contributed by atoms with Crippen molar-refractivity contribution in [2.45, 2.75) is 32.6 Å². The summed E-state index contributed by atoms with van der Waals surface area (Å²) in [5.74, 6) is 0.915. The van der Waals surface area contributed by atoms with Crippen molar-refractivity contribution in [2.24, 2.45) is 0 Å². The van der Waals surface area contributed by atoms with E-state index < -0.39 is 0 Å². The van der Waals surface area contributed by atoms with Crippen molar-refractivity contribution >= 4 is 29.0 Å². The molecule has 2 aliphatic heterocycles. The second kappa shape index (κ2) is 11.8. The number of hydrogen-bond donors (Lipinski definition) is 2. The van der Waals surface area contributed by atoms with E-state index in [1.54, 1.807) is 7.11 Å². The van der Waals surface area contributed by atoms with Crippen molar-refractivity contribution in [3.05, 3.63) is 48.0 Å². The number of ether oxygens (including phenoxy) is 1. The van der Waals surface area contributed by atoms with Crippen molar-refractivity contribution < 1.29 is 14.3 Å². The SMILES string of the molecule is CCCCNC(=O)Nc1ccc(N2CCN(c3ccccc3OC)CC2)c(C(=O)N2CCCC2)c1. The van der Waals surface area contributed by atoms with Crippen LogP contribution in [-0.4, -0.2) is 69.8 Å². The topological polar surface area (TPSA) is 77.1 Å². The molecule has 2 fully saturated rings. The number of benzene rings is 2. The van der Waals surface area contributed by atoms with Crippen molar-refractivity contribution in [2.75, 3.05) is 68.0 Å². The average Bonchev–Trinajstić information content (AvgIpc) is 3.44. The van der Waals surface area contributed by atoms with Crippen LogP contribution in [0.4, 0.5) is 21.9 Å². The van der Waals surface area contributed by atoms with Crippen LogP contribution in [0.2, 0.25) is 0 Å². The summed E-state index contributed by atoms with van der Waals surface area (Å²) in [7, 11) is 1.70. The zero-order chi connectivity index (χ0) is 24.6. The standard InChI is InChI=1S/C27H37N5O3/c1-3-4-13-28-27(34)29-21-11-12-23(22(20-21)26(33)32-14-7-8-15-32)30-16-18-31(19-17-30)24-9-5-6-10-25(24)35-2/h5-6,9-12,20H,3-4,7-8,13-19H2,1-2H3,(H2,28,29,34). The van der Waals surface area contributed by atoms with Gasteiger partial charge in [-0.2, -0.15) is 0 Å². The van der Waals surface area contributed by atoms with Gasteiger partial charge in [0.05, 0.1) is 18.4 Å². The number of rotatable bonds is 8. The van der Waals surface area contributed by atoms with Gasteiger partial charge in [0.2, 0.25) is 0 Å². The molecule has 8 heteroatoms. The number of carbonyl (C=O) groups excluding carboxylic acids is 2. The summed E-state index contributed by atoms with van der Waals surface area (Å²) in [6, 6.07) is 13.5. The summed E-state index contributed by atoms with van der Waals surface area (Å²) in [6.07, 6.45) is 4.03. The Hall–Kier alpha value is -3.42. The number of unbranched alkanes of at least 4 members (excludes halogenated alkanes) is 1. The van der Waals surface area contributed by atoms with Crippen LogP contribution in [0.1, 0.15) is 43.0 Å². The summed E-state index contributed by atoms with van der Waals surface area (Å²) in [4.78, 5) is 32.3. The highest BCUT2D eigenvalue weighted by molar-refractivity contribution is 6.02. The van der Waals surface area contributed by atoms with E-state index in [1.807, 2.05) is 41.3 Å². The summed E-state index contributed by atoms with van der Waals surface area (Å²) >= 11 is 0. The van der Waals surface area contributed by atoms with Crippen LogP contribution >= 0.6 is 0 Å². The van der Waals surface area contributed by atoms with Crippen LogP contribution in [0, 0.1) is 0 Å². The molecule has 0 unspecified atom stereocenters. The predicted octanol–water partition coefficient (Wildman–Crippen LogP) is 4.18. The minimum atomic E-state index is -0.240. The number of anilines is 3. The van der Waals surface area contributed by atoms with Gasteiger partial charge in [0.25, 0.3) is 5.91 Å². The molecule has 3 amide bonds. The lowest BCUT2D eigenvalue weighted by Gasteiger charge is -2.38. The minimum Gasteiger partial charge on any atom is -0.495 e. The second-order valence-electron chi connectivity index (χ2n) is 9.11. The Kier molecular flexibility index (Phi) is 8.34. The van der Waals surface area contributed by atoms with Gasteiger partial charge in [-0.15, -0.1) is 0 Å². The lowest BCUT2D eigenvalue weighted by molar-refractivity contribution is 0.0793. The predicted molar refractivity (Wildman–Crippen MR) is 141 cm³/mol. The lowest BCUT2D eigenvalue weighted by atomic mass is 10.1. The first kappa shape index (κ1) is 24.7. The maximum Gasteiger partial charge on any atom is 0.319 e. The van der Waals surface area contributed by atoms with E-state index in [4.69, 9.17) is 4.74 Å². The zero-order valence-electron chi connectivity index (χ0n) is 20.9. The van der Waals surface area contributed by atoms with E-state index in [-0.39, 0.29) is 11.9 Å². The van der Waals surface area contributed by atoms with Crippen LogP contribution in [0.15, 0.2) is 42.5 Å². The highest BCUT2D eigenvalue weighted by atomic mass is 16.5. The highest BCUT2D eigenvalue weighted by Crippen LogP contribution is 2.31. The summed E-state index contributed by atoms with van der Waals surface area (Å²) in [5.41, 5.74) is 3.32. The molecule has 0 bridgehead atoms. The first-order valence-corrected chi connectivity index (χ1v) is 12.7. The lowest BCUT2D eigenvalue weighted by Crippen LogP contribution is -2.47. The zero-order valence-corrected chi connectivity index (χ0v) is 20.9. The first-order valence-electron chi connectivity index (χ1n) is 12.7. The van der Waals surface area contributed by atoms with Crippen LogP contribution in [0.25, 0.3) is 0 Å². The number of piperazine rings is 1. The molecular weight excluding hydrogens is 442 g/mol. The molecule has 2 heterocycles. The van der Waals surface area contributed by atoms with Crippen molar-refractivity contribution in [3.8, 4) is 5.75 Å². The third-order valence-corrected chi connectivity index (χ3v) is 6.74. The average molecular weight is 480 g/mol. The molecule has 2 N–H and O–H groups in total. The fourth-order valence-electron chi connectivity index (χ4n) is 4.78. The molecule has 35 heavy (non-hydrogen) atoms. The molecule has 2 aliphatic rings. The van der Waals surface area contributed by atoms with Gasteiger partial charge >= 0.3 is 6.03 Å². The van der Waals surface area contributed by atoms with Crippen LogP contribution in [0.5, 0.6) is 5.75 Å². The van der Waals surface area contributed by atoms with Crippen molar-refractivity contribution in [1.82, 2.24) is 10.2 Å². The van der Waals surface area contributed by atoms with Crippen molar-refractivity contribution in [1.29, 1.82) is 0 Å². The number of methoxy groups -OCH3 is 1. The maximum absolute atomic E-state index is 13.5. The Balaban J connectivity index is 1.51. The minimum absolute atomic E-state index is 0.0414. The van der Waals surface area contributed by atoms with Gasteiger partial charge in [-0.25, -0.2) is 4.79 Å². The normalized spacial score (nSPS) is 15.8. The van der Waals surface area contributed by atoms with Crippen LogP contribution in [-0.2, 0) is 0 Å². The largest absolute Gasteiger partial charge is 0.495 e. The van der Waals surface area contributed by atoms with E-state index in [0.29, 0.717) is 17.8 Å². The van der Waals surface area contributed by atoms with E-state index in [9.17, 15) is 9.59 Å². The Labute approximate surface area is 208 Å². The number of hydrogen-bond acceptors (Lipinski definition) is 5. The Morgan fingerprint density at radius 1 is 0.914 bits per heavy atom. The fraction of sp³-hybridized carbons (Fsp3) is 0.481.